The van der Waals surface area contributed by atoms with E-state index < -0.39 is 0 Å². The van der Waals surface area contributed by atoms with Crippen molar-refractivity contribution >= 4 is 0 Å². The van der Waals surface area contributed by atoms with E-state index in [1.807, 2.05) is 0 Å². The van der Waals surface area contributed by atoms with Crippen molar-refractivity contribution in [2.75, 3.05) is 39.3 Å². The van der Waals surface area contributed by atoms with Crippen molar-refractivity contribution in [1.82, 2.24) is 9.80 Å². The zero-order chi connectivity index (χ0) is 13.4. The number of piperazine rings is 1. The summed E-state index contributed by atoms with van der Waals surface area (Å²) in [4.78, 5) is 5.14. The zero-order valence-electron chi connectivity index (χ0n) is 12.4. The maximum Gasteiger partial charge on any atom is 0.0743 e. The van der Waals surface area contributed by atoms with E-state index in [0.29, 0.717) is 6.54 Å². The van der Waals surface area contributed by atoms with Gasteiger partial charge in [0.05, 0.1) is 11.6 Å². The molecule has 2 N–H and O–H groups in total. The minimum atomic E-state index is 0.0873. The number of hydrogen-bond acceptors (Lipinski definition) is 4. The molecular formula is C14H29N3O. The van der Waals surface area contributed by atoms with Gasteiger partial charge in [-0.15, -0.1) is 0 Å². The highest BCUT2D eigenvalue weighted by molar-refractivity contribution is 5.02. The van der Waals surface area contributed by atoms with Gasteiger partial charge in [-0.3, -0.25) is 9.80 Å². The van der Waals surface area contributed by atoms with Gasteiger partial charge in [0.2, 0.25) is 0 Å². The van der Waals surface area contributed by atoms with E-state index in [1.165, 1.54) is 0 Å². The van der Waals surface area contributed by atoms with Crippen LogP contribution in [-0.2, 0) is 4.74 Å². The molecule has 0 aromatic rings. The van der Waals surface area contributed by atoms with Crippen LogP contribution < -0.4 is 5.73 Å². The molecule has 4 heteroatoms. The molecule has 0 aromatic carbocycles. The monoisotopic (exact) mass is 255 g/mol. The van der Waals surface area contributed by atoms with E-state index >= 15 is 0 Å². The highest BCUT2D eigenvalue weighted by atomic mass is 16.5. The van der Waals surface area contributed by atoms with E-state index in [9.17, 15) is 0 Å². The molecule has 2 unspecified atom stereocenters. The first-order chi connectivity index (χ1) is 8.40. The van der Waals surface area contributed by atoms with Crippen LogP contribution in [0.3, 0.4) is 0 Å². The molecule has 2 fully saturated rings. The average molecular weight is 255 g/mol. The van der Waals surface area contributed by atoms with E-state index in [2.05, 4.69) is 37.5 Å². The lowest BCUT2D eigenvalue weighted by Crippen LogP contribution is -2.64. The van der Waals surface area contributed by atoms with Gasteiger partial charge in [0, 0.05) is 44.9 Å². The molecule has 2 rings (SSSR count). The molecule has 2 saturated heterocycles. The van der Waals surface area contributed by atoms with Gasteiger partial charge >= 0.3 is 0 Å². The molecule has 0 amide bonds. The first-order valence-electron chi connectivity index (χ1n) is 7.22. The van der Waals surface area contributed by atoms with Crippen LogP contribution in [0.15, 0.2) is 0 Å². The standard InChI is InChI=1S/C14H29N3O/c1-12-14(11-15,5-10-18-12)17-8-6-16(7-9-17)13(2,3)4/h12H,5-11,15H2,1-4H3. The third kappa shape index (κ3) is 2.44. The van der Waals surface area contributed by atoms with Gasteiger partial charge in [0.1, 0.15) is 0 Å². The van der Waals surface area contributed by atoms with Crippen LogP contribution in [-0.4, -0.2) is 66.3 Å². The summed E-state index contributed by atoms with van der Waals surface area (Å²) in [5.41, 5.74) is 6.44. The minimum absolute atomic E-state index is 0.0873. The number of ether oxygens (including phenoxy) is 1. The maximum absolute atomic E-state index is 6.08. The fourth-order valence-electron chi connectivity index (χ4n) is 3.41. The summed E-state index contributed by atoms with van der Waals surface area (Å²) in [6, 6.07) is 0. The Hall–Kier alpha value is -0.160. The van der Waals surface area contributed by atoms with Gasteiger partial charge in [-0.2, -0.15) is 0 Å². The zero-order valence-corrected chi connectivity index (χ0v) is 12.4. The largest absolute Gasteiger partial charge is 0.376 e. The predicted molar refractivity (Wildman–Crippen MR) is 74.7 cm³/mol. The fraction of sp³-hybridized carbons (Fsp3) is 1.00. The first-order valence-corrected chi connectivity index (χ1v) is 7.22. The van der Waals surface area contributed by atoms with Crippen LogP contribution in [0.25, 0.3) is 0 Å². The summed E-state index contributed by atoms with van der Waals surface area (Å²) in [6.07, 6.45) is 1.35. The molecule has 0 bridgehead atoms. The van der Waals surface area contributed by atoms with Gasteiger partial charge in [0.25, 0.3) is 0 Å². The van der Waals surface area contributed by atoms with E-state index in [-0.39, 0.29) is 17.2 Å². The van der Waals surface area contributed by atoms with E-state index in [4.69, 9.17) is 10.5 Å². The molecule has 0 spiro atoms. The minimum Gasteiger partial charge on any atom is -0.376 e. The Morgan fingerprint density at radius 3 is 2.22 bits per heavy atom. The topological polar surface area (TPSA) is 41.7 Å². The quantitative estimate of drug-likeness (QED) is 0.796. The molecule has 2 atom stereocenters. The highest BCUT2D eigenvalue weighted by Gasteiger charge is 2.46. The Balaban J connectivity index is 2.00. The van der Waals surface area contributed by atoms with Crippen LogP contribution in [0.5, 0.6) is 0 Å². The van der Waals surface area contributed by atoms with Crippen molar-refractivity contribution in [2.24, 2.45) is 5.73 Å². The summed E-state index contributed by atoms with van der Waals surface area (Å²) in [5.74, 6) is 0. The van der Waals surface area contributed by atoms with Crippen molar-refractivity contribution in [3.8, 4) is 0 Å². The normalized spacial score (nSPS) is 36.2. The lowest BCUT2D eigenvalue weighted by molar-refractivity contribution is -0.0281. The summed E-state index contributed by atoms with van der Waals surface area (Å²) in [7, 11) is 0. The summed E-state index contributed by atoms with van der Waals surface area (Å²) >= 11 is 0. The fourth-order valence-corrected chi connectivity index (χ4v) is 3.41. The van der Waals surface area contributed by atoms with Crippen molar-refractivity contribution in [2.45, 2.75) is 51.3 Å². The molecule has 0 aliphatic carbocycles. The molecule has 0 aromatic heterocycles. The molecule has 2 aliphatic heterocycles. The third-order valence-corrected chi connectivity index (χ3v) is 4.87. The SMILES string of the molecule is CC1OCCC1(CN)N1CCN(C(C)(C)C)CC1. The lowest BCUT2D eigenvalue weighted by Gasteiger charge is -2.49. The highest BCUT2D eigenvalue weighted by Crippen LogP contribution is 2.32. The molecule has 106 valence electrons. The van der Waals surface area contributed by atoms with Crippen molar-refractivity contribution < 1.29 is 4.74 Å². The third-order valence-electron chi connectivity index (χ3n) is 4.87. The Bertz CT molecular complexity index is 281. The summed E-state index contributed by atoms with van der Waals surface area (Å²) in [5, 5.41) is 0. The molecule has 2 aliphatic rings. The van der Waals surface area contributed by atoms with Gasteiger partial charge in [-0.05, 0) is 34.1 Å². The van der Waals surface area contributed by atoms with E-state index in [0.717, 1.165) is 39.2 Å². The van der Waals surface area contributed by atoms with Crippen LogP contribution >= 0.6 is 0 Å². The molecule has 0 saturated carbocycles. The van der Waals surface area contributed by atoms with Crippen molar-refractivity contribution in [3.05, 3.63) is 0 Å². The van der Waals surface area contributed by atoms with Crippen LogP contribution in [0.2, 0.25) is 0 Å². The first kappa shape index (κ1) is 14.3. The van der Waals surface area contributed by atoms with Gasteiger partial charge in [0.15, 0.2) is 0 Å². The smallest absolute Gasteiger partial charge is 0.0743 e. The molecule has 0 radical (unpaired) electrons. The van der Waals surface area contributed by atoms with Crippen molar-refractivity contribution in [3.63, 3.8) is 0 Å². The van der Waals surface area contributed by atoms with Crippen LogP contribution in [0.1, 0.15) is 34.1 Å². The van der Waals surface area contributed by atoms with Crippen LogP contribution in [0.4, 0.5) is 0 Å². The summed E-state index contributed by atoms with van der Waals surface area (Å²) in [6.45, 7) is 15.1. The summed E-state index contributed by atoms with van der Waals surface area (Å²) < 4.78 is 5.77. The second-order valence-corrected chi connectivity index (χ2v) is 6.72. The van der Waals surface area contributed by atoms with E-state index in [1.54, 1.807) is 0 Å². The predicted octanol–water partition coefficient (Wildman–Crippen LogP) is 0.909. The number of nitrogens with two attached hydrogens (primary N) is 1. The number of rotatable bonds is 2. The number of hydrogen-bond donors (Lipinski definition) is 1. The second-order valence-electron chi connectivity index (χ2n) is 6.72. The van der Waals surface area contributed by atoms with Crippen molar-refractivity contribution in [1.29, 1.82) is 0 Å². The Morgan fingerprint density at radius 1 is 1.22 bits per heavy atom. The lowest BCUT2D eigenvalue weighted by atomic mass is 9.88. The number of nitrogens with zero attached hydrogens (tertiary/aromatic N) is 2. The Kier molecular flexibility index (Phi) is 4.02. The van der Waals surface area contributed by atoms with Crippen LogP contribution in [0, 0.1) is 0 Å². The second kappa shape index (κ2) is 5.08. The molecular weight excluding hydrogens is 226 g/mol. The van der Waals surface area contributed by atoms with Gasteiger partial charge < -0.3 is 10.5 Å². The maximum atomic E-state index is 6.08. The molecule has 2 heterocycles. The Morgan fingerprint density at radius 2 is 1.83 bits per heavy atom. The van der Waals surface area contributed by atoms with Gasteiger partial charge in [-0.1, -0.05) is 0 Å². The molecule has 18 heavy (non-hydrogen) atoms. The Labute approximate surface area is 111 Å². The molecule has 4 nitrogen and oxygen atoms in total. The average Bonchev–Trinajstić information content (AvgIpc) is 2.71. The van der Waals surface area contributed by atoms with Gasteiger partial charge in [-0.25, -0.2) is 0 Å².